The Labute approximate surface area is 123 Å². The van der Waals surface area contributed by atoms with Crippen LogP contribution in [0.3, 0.4) is 0 Å². The molecule has 5 nitrogen and oxygen atoms in total. The summed E-state index contributed by atoms with van der Waals surface area (Å²) in [6.45, 7) is 6.67. The van der Waals surface area contributed by atoms with Crippen molar-refractivity contribution >= 4 is 11.9 Å². The van der Waals surface area contributed by atoms with E-state index in [0.717, 1.165) is 0 Å². The van der Waals surface area contributed by atoms with Crippen LogP contribution in [0.2, 0.25) is 0 Å². The SMILES string of the molecule is C=CCC(c1cccc(O)c1)C1C(=O)OC(C)(C)OC1=O. The molecule has 21 heavy (non-hydrogen) atoms. The predicted octanol–water partition coefficient (Wildman–Crippen LogP) is 2.50. The molecule has 1 aromatic rings. The van der Waals surface area contributed by atoms with Gasteiger partial charge in [-0.2, -0.15) is 0 Å². The van der Waals surface area contributed by atoms with Crippen LogP contribution in [0, 0.1) is 5.92 Å². The molecule has 1 aromatic carbocycles. The van der Waals surface area contributed by atoms with E-state index in [1.165, 1.54) is 26.0 Å². The van der Waals surface area contributed by atoms with E-state index in [9.17, 15) is 14.7 Å². The van der Waals surface area contributed by atoms with E-state index in [1.54, 1.807) is 18.2 Å². The van der Waals surface area contributed by atoms with Gasteiger partial charge in [-0.25, -0.2) is 0 Å². The van der Waals surface area contributed by atoms with Crippen molar-refractivity contribution in [2.75, 3.05) is 0 Å². The van der Waals surface area contributed by atoms with E-state index in [4.69, 9.17) is 9.47 Å². The Bertz CT molecular complexity index is 556. The second kappa shape index (κ2) is 5.60. The lowest BCUT2D eigenvalue weighted by Crippen LogP contribution is -2.48. The molecule has 1 aliphatic heterocycles. The molecule has 0 aliphatic carbocycles. The van der Waals surface area contributed by atoms with Crippen LogP contribution < -0.4 is 0 Å². The fraction of sp³-hybridized carbons (Fsp3) is 0.375. The zero-order valence-electron chi connectivity index (χ0n) is 12.0. The number of hydrogen-bond donors (Lipinski definition) is 1. The Morgan fingerprint density at radius 2 is 1.95 bits per heavy atom. The lowest BCUT2D eigenvalue weighted by atomic mass is 9.83. The Morgan fingerprint density at radius 1 is 1.33 bits per heavy atom. The van der Waals surface area contributed by atoms with Gasteiger partial charge in [-0.1, -0.05) is 18.2 Å². The average Bonchev–Trinajstić information content (AvgIpc) is 2.35. The van der Waals surface area contributed by atoms with Gasteiger partial charge in [0, 0.05) is 19.8 Å². The molecule has 0 radical (unpaired) electrons. The lowest BCUT2D eigenvalue weighted by molar-refractivity contribution is -0.241. The van der Waals surface area contributed by atoms with Crippen LogP contribution in [0.25, 0.3) is 0 Å². The van der Waals surface area contributed by atoms with Crippen molar-refractivity contribution in [3.8, 4) is 5.75 Å². The molecule has 1 heterocycles. The zero-order chi connectivity index (χ0) is 15.6. The van der Waals surface area contributed by atoms with Gasteiger partial charge in [0.05, 0.1) is 0 Å². The first-order chi connectivity index (χ1) is 9.84. The molecule has 5 heteroatoms. The zero-order valence-corrected chi connectivity index (χ0v) is 12.0. The van der Waals surface area contributed by atoms with Crippen molar-refractivity contribution < 1.29 is 24.2 Å². The molecule has 112 valence electrons. The molecule has 0 spiro atoms. The minimum atomic E-state index is -1.25. The van der Waals surface area contributed by atoms with Crippen molar-refractivity contribution in [3.05, 3.63) is 42.5 Å². The quantitative estimate of drug-likeness (QED) is 0.524. The standard InChI is InChI=1S/C16H18O5/c1-4-6-12(10-7-5-8-11(17)9-10)13-14(18)20-16(2,3)21-15(13)19/h4-5,7-9,12-13,17H,1,6H2,2-3H3. The Hall–Kier alpha value is -2.30. The van der Waals surface area contributed by atoms with Gasteiger partial charge in [0.2, 0.25) is 0 Å². The number of rotatable bonds is 4. The van der Waals surface area contributed by atoms with Gasteiger partial charge in [-0.05, 0) is 24.1 Å². The normalized spacial score (nSPS) is 19.5. The number of aromatic hydroxyl groups is 1. The molecule has 1 atom stereocenters. The van der Waals surface area contributed by atoms with E-state index >= 15 is 0 Å². The summed E-state index contributed by atoms with van der Waals surface area (Å²) in [5.74, 6) is -3.96. The molecule has 0 amide bonds. The topological polar surface area (TPSA) is 72.8 Å². The second-order valence-corrected chi connectivity index (χ2v) is 5.45. The van der Waals surface area contributed by atoms with E-state index in [2.05, 4.69) is 6.58 Å². The number of phenolic OH excluding ortho intramolecular Hbond substituents is 1. The summed E-state index contributed by atoms with van der Waals surface area (Å²) < 4.78 is 10.3. The molecule has 1 fully saturated rings. The first kappa shape index (κ1) is 15.1. The van der Waals surface area contributed by atoms with Gasteiger partial charge < -0.3 is 14.6 Å². The molecule has 1 N–H and O–H groups in total. The highest BCUT2D eigenvalue weighted by molar-refractivity contribution is 5.97. The molecule has 1 aliphatic rings. The van der Waals surface area contributed by atoms with Crippen LogP contribution in [0.5, 0.6) is 5.75 Å². The smallest absolute Gasteiger partial charge is 0.324 e. The molecule has 0 aromatic heterocycles. The first-order valence-corrected chi connectivity index (χ1v) is 6.69. The molecular weight excluding hydrogens is 272 g/mol. The van der Waals surface area contributed by atoms with Gasteiger partial charge in [-0.3, -0.25) is 9.59 Å². The minimum absolute atomic E-state index is 0.0689. The molecule has 0 saturated carbocycles. The van der Waals surface area contributed by atoms with E-state index in [1.807, 2.05) is 0 Å². The number of carbonyl (C=O) groups is 2. The van der Waals surface area contributed by atoms with Gasteiger partial charge in [0.25, 0.3) is 5.79 Å². The number of esters is 2. The monoisotopic (exact) mass is 290 g/mol. The maximum Gasteiger partial charge on any atom is 0.324 e. The summed E-state index contributed by atoms with van der Waals surface area (Å²) in [6, 6.07) is 6.45. The van der Waals surface area contributed by atoms with Crippen LogP contribution in [0.15, 0.2) is 36.9 Å². The first-order valence-electron chi connectivity index (χ1n) is 6.69. The number of hydrogen-bond acceptors (Lipinski definition) is 5. The van der Waals surface area contributed by atoms with Crippen molar-refractivity contribution in [1.82, 2.24) is 0 Å². The molecule has 0 bridgehead atoms. The number of carbonyl (C=O) groups excluding carboxylic acids is 2. The van der Waals surface area contributed by atoms with E-state index < -0.39 is 29.6 Å². The van der Waals surface area contributed by atoms with Crippen LogP contribution in [0.4, 0.5) is 0 Å². The van der Waals surface area contributed by atoms with Gasteiger partial charge in [-0.15, -0.1) is 6.58 Å². The minimum Gasteiger partial charge on any atom is -0.508 e. The second-order valence-electron chi connectivity index (χ2n) is 5.45. The van der Waals surface area contributed by atoms with Gasteiger partial charge in [0.15, 0.2) is 5.92 Å². The average molecular weight is 290 g/mol. The third-order valence-electron chi connectivity index (χ3n) is 3.32. The Morgan fingerprint density at radius 3 is 2.48 bits per heavy atom. The summed E-state index contributed by atoms with van der Waals surface area (Å²) >= 11 is 0. The fourth-order valence-electron chi connectivity index (χ4n) is 2.46. The number of phenols is 1. The summed E-state index contributed by atoms with van der Waals surface area (Å²) in [4.78, 5) is 24.3. The Balaban J connectivity index is 2.36. The molecule has 1 saturated heterocycles. The highest BCUT2D eigenvalue weighted by Crippen LogP contribution is 2.36. The van der Waals surface area contributed by atoms with Gasteiger partial charge >= 0.3 is 11.9 Å². The predicted molar refractivity (Wildman–Crippen MR) is 75.4 cm³/mol. The number of ether oxygens (including phenoxy) is 2. The van der Waals surface area contributed by atoms with Gasteiger partial charge in [0.1, 0.15) is 5.75 Å². The number of allylic oxidation sites excluding steroid dienone is 1. The van der Waals surface area contributed by atoms with E-state index in [-0.39, 0.29) is 5.75 Å². The van der Waals surface area contributed by atoms with E-state index in [0.29, 0.717) is 12.0 Å². The summed E-state index contributed by atoms with van der Waals surface area (Å²) in [5.41, 5.74) is 0.661. The van der Waals surface area contributed by atoms with Crippen molar-refractivity contribution in [2.45, 2.75) is 32.0 Å². The summed E-state index contributed by atoms with van der Waals surface area (Å²) in [6.07, 6.45) is 2.01. The van der Waals surface area contributed by atoms with Crippen molar-refractivity contribution in [3.63, 3.8) is 0 Å². The largest absolute Gasteiger partial charge is 0.508 e. The van der Waals surface area contributed by atoms with Crippen LogP contribution in [-0.4, -0.2) is 22.8 Å². The third-order valence-corrected chi connectivity index (χ3v) is 3.32. The van der Waals surface area contributed by atoms with Crippen molar-refractivity contribution in [1.29, 1.82) is 0 Å². The molecule has 2 rings (SSSR count). The van der Waals surface area contributed by atoms with Crippen LogP contribution >= 0.6 is 0 Å². The lowest BCUT2D eigenvalue weighted by Gasteiger charge is -2.35. The highest BCUT2D eigenvalue weighted by Gasteiger charge is 2.47. The number of benzene rings is 1. The van der Waals surface area contributed by atoms with Crippen molar-refractivity contribution in [2.24, 2.45) is 5.92 Å². The van der Waals surface area contributed by atoms with Crippen LogP contribution in [0.1, 0.15) is 31.7 Å². The maximum absolute atomic E-state index is 12.2. The third kappa shape index (κ3) is 3.24. The molecular formula is C16H18O5. The number of cyclic esters (lactones) is 2. The molecule has 1 unspecified atom stereocenters. The maximum atomic E-state index is 12.2. The highest BCUT2D eigenvalue weighted by atomic mass is 16.7. The Kier molecular flexibility index (Phi) is 4.02. The van der Waals surface area contributed by atoms with Crippen LogP contribution in [-0.2, 0) is 19.1 Å². The summed E-state index contributed by atoms with van der Waals surface area (Å²) in [7, 11) is 0. The summed E-state index contributed by atoms with van der Waals surface area (Å²) in [5, 5.41) is 9.59. The fourth-order valence-corrected chi connectivity index (χ4v) is 2.46.